The second kappa shape index (κ2) is 10.0. The van der Waals surface area contributed by atoms with Gasteiger partial charge in [0.2, 0.25) is 5.91 Å². The van der Waals surface area contributed by atoms with Crippen molar-refractivity contribution in [2.24, 2.45) is 7.05 Å². The Bertz CT molecular complexity index is 1280. The first-order chi connectivity index (χ1) is 16.0. The molecule has 1 N–H and O–H groups in total. The highest BCUT2D eigenvalue weighted by Gasteiger charge is 2.22. The van der Waals surface area contributed by atoms with Gasteiger partial charge in [-0.05, 0) is 12.5 Å². The third kappa shape index (κ3) is 4.99. The van der Waals surface area contributed by atoms with E-state index in [-0.39, 0.29) is 11.7 Å². The van der Waals surface area contributed by atoms with Crippen LogP contribution < -0.4 is 5.32 Å². The molecule has 33 heavy (non-hydrogen) atoms. The molecule has 0 fully saturated rings. The number of aromatic nitrogens is 3. The van der Waals surface area contributed by atoms with Gasteiger partial charge in [0.25, 0.3) is 0 Å². The molecule has 2 aromatic carbocycles. The van der Waals surface area contributed by atoms with Crippen LogP contribution in [0.1, 0.15) is 15.9 Å². The summed E-state index contributed by atoms with van der Waals surface area (Å²) in [6.45, 7) is 2.03. The minimum Gasteiger partial charge on any atom is -0.465 e. The molecule has 0 radical (unpaired) electrons. The normalized spacial score (nSPS) is 10.8. The summed E-state index contributed by atoms with van der Waals surface area (Å²) < 4.78 is 6.83. The Hall–Kier alpha value is -3.43. The zero-order chi connectivity index (χ0) is 23.4. The SMILES string of the molecule is COC(=O)c1c(-c2ccccc2)csc1NC(=O)CSc1nnc(-c2ccc(C)cc2)n1C. The number of carbonyl (C=O) groups excluding carboxylic acids is 2. The number of thioether (sulfide) groups is 1. The highest BCUT2D eigenvalue weighted by atomic mass is 32.2. The number of nitrogens with one attached hydrogen (secondary N) is 1. The second-order valence-electron chi connectivity index (χ2n) is 7.28. The van der Waals surface area contributed by atoms with E-state index in [1.54, 1.807) is 0 Å². The van der Waals surface area contributed by atoms with E-state index in [0.29, 0.717) is 15.7 Å². The van der Waals surface area contributed by atoms with Crippen molar-refractivity contribution in [2.45, 2.75) is 12.1 Å². The van der Waals surface area contributed by atoms with Gasteiger partial charge in [-0.3, -0.25) is 4.79 Å². The molecule has 168 valence electrons. The van der Waals surface area contributed by atoms with Gasteiger partial charge in [0.05, 0.1) is 12.9 Å². The average Bonchev–Trinajstić information content (AvgIpc) is 3.41. The number of benzene rings is 2. The van der Waals surface area contributed by atoms with E-state index in [4.69, 9.17) is 4.74 Å². The number of methoxy groups -OCH3 is 1. The molecule has 0 unspecified atom stereocenters. The Kier molecular flexibility index (Phi) is 6.90. The van der Waals surface area contributed by atoms with Crippen molar-refractivity contribution >= 4 is 40.0 Å². The molecule has 0 aliphatic rings. The lowest BCUT2D eigenvalue weighted by Crippen LogP contribution is -2.16. The van der Waals surface area contributed by atoms with Gasteiger partial charge < -0.3 is 14.6 Å². The number of esters is 1. The van der Waals surface area contributed by atoms with E-state index in [0.717, 1.165) is 22.5 Å². The number of amides is 1. The zero-order valence-corrected chi connectivity index (χ0v) is 20.0. The molecule has 0 aliphatic heterocycles. The van der Waals surface area contributed by atoms with Crippen LogP contribution in [-0.2, 0) is 16.6 Å². The van der Waals surface area contributed by atoms with Crippen LogP contribution in [0.4, 0.5) is 5.00 Å². The number of aryl methyl sites for hydroxylation is 1. The molecule has 0 spiro atoms. The summed E-state index contributed by atoms with van der Waals surface area (Å²) in [7, 11) is 3.20. The lowest BCUT2D eigenvalue weighted by Gasteiger charge is -2.08. The van der Waals surface area contributed by atoms with Crippen LogP contribution in [0, 0.1) is 6.92 Å². The molecule has 2 heterocycles. The Labute approximate surface area is 199 Å². The third-order valence-electron chi connectivity index (χ3n) is 5.00. The van der Waals surface area contributed by atoms with Crippen molar-refractivity contribution in [1.82, 2.24) is 14.8 Å². The number of hydrogen-bond acceptors (Lipinski definition) is 7. The standard InChI is InChI=1S/C24H22N4O3S2/c1-15-9-11-17(12-10-15)21-26-27-24(28(21)2)33-14-19(29)25-22-20(23(30)31-3)18(13-32-22)16-7-5-4-6-8-16/h4-13H,14H2,1-3H3,(H,25,29). The number of carbonyl (C=O) groups is 2. The number of anilines is 1. The summed E-state index contributed by atoms with van der Waals surface area (Å²) in [5, 5.41) is 14.3. The van der Waals surface area contributed by atoms with Crippen molar-refractivity contribution in [1.29, 1.82) is 0 Å². The quantitative estimate of drug-likeness (QED) is 0.296. The summed E-state index contributed by atoms with van der Waals surface area (Å²) in [5.41, 5.74) is 4.09. The predicted octanol–water partition coefficient (Wildman–Crippen LogP) is 5.04. The topological polar surface area (TPSA) is 86.1 Å². The monoisotopic (exact) mass is 478 g/mol. The lowest BCUT2D eigenvalue weighted by molar-refractivity contribution is -0.113. The molecule has 4 rings (SSSR count). The summed E-state index contributed by atoms with van der Waals surface area (Å²) in [4.78, 5) is 25.1. The molecule has 2 aromatic heterocycles. The van der Waals surface area contributed by atoms with E-state index in [9.17, 15) is 9.59 Å². The van der Waals surface area contributed by atoms with E-state index >= 15 is 0 Å². The fourth-order valence-corrected chi connectivity index (χ4v) is 4.96. The summed E-state index contributed by atoms with van der Waals surface area (Å²) in [6.07, 6.45) is 0. The van der Waals surface area contributed by atoms with E-state index in [1.807, 2.05) is 78.5 Å². The molecule has 0 aliphatic carbocycles. The first kappa shape index (κ1) is 22.8. The zero-order valence-electron chi connectivity index (χ0n) is 18.4. The Morgan fingerprint density at radius 1 is 1.06 bits per heavy atom. The minimum absolute atomic E-state index is 0.124. The Balaban J connectivity index is 1.47. The Morgan fingerprint density at radius 2 is 1.79 bits per heavy atom. The average molecular weight is 479 g/mol. The molecule has 0 bridgehead atoms. The predicted molar refractivity (Wildman–Crippen MR) is 132 cm³/mol. The molecule has 7 nitrogen and oxygen atoms in total. The highest BCUT2D eigenvalue weighted by molar-refractivity contribution is 7.99. The number of rotatable bonds is 7. The molecular weight excluding hydrogens is 456 g/mol. The fourth-order valence-electron chi connectivity index (χ4n) is 3.27. The van der Waals surface area contributed by atoms with Gasteiger partial charge in [-0.1, -0.05) is 71.9 Å². The molecule has 0 atom stereocenters. The molecule has 1 amide bonds. The van der Waals surface area contributed by atoms with Crippen LogP contribution in [0.15, 0.2) is 65.1 Å². The van der Waals surface area contributed by atoms with Crippen LogP contribution in [0.5, 0.6) is 0 Å². The minimum atomic E-state index is -0.492. The molecule has 0 saturated carbocycles. The fraction of sp³-hybridized carbons (Fsp3) is 0.167. The van der Waals surface area contributed by atoms with E-state index in [1.165, 1.54) is 35.8 Å². The highest BCUT2D eigenvalue weighted by Crippen LogP contribution is 2.36. The Morgan fingerprint density at radius 3 is 2.48 bits per heavy atom. The van der Waals surface area contributed by atoms with E-state index < -0.39 is 5.97 Å². The maximum absolute atomic E-state index is 12.7. The van der Waals surface area contributed by atoms with Crippen molar-refractivity contribution in [3.05, 3.63) is 71.1 Å². The van der Waals surface area contributed by atoms with Crippen LogP contribution in [0.3, 0.4) is 0 Å². The number of hydrogen-bond donors (Lipinski definition) is 1. The van der Waals surface area contributed by atoms with Crippen molar-refractivity contribution in [2.75, 3.05) is 18.2 Å². The third-order valence-corrected chi connectivity index (χ3v) is 6.91. The lowest BCUT2D eigenvalue weighted by atomic mass is 10.0. The van der Waals surface area contributed by atoms with Crippen LogP contribution in [0.2, 0.25) is 0 Å². The second-order valence-corrected chi connectivity index (χ2v) is 9.10. The number of thiophene rings is 1. The first-order valence-electron chi connectivity index (χ1n) is 10.1. The maximum atomic E-state index is 12.7. The maximum Gasteiger partial charge on any atom is 0.341 e. The molecule has 9 heteroatoms. The van der Waals surface area contributed by atoms with Gasteiger partial charge >= 0.3 is 5.97 Å². The largest absolute Gasteiger partial charge is 0.465 e. The van der Waals surface area contributed by atoms with Gasteiger partial charge in [-0.2, -0.15) is 0 Å². The van der Waals surface area contributed by atoms with Crippen LogP contribution >= 0.6 is 23.1 Å². The summed E-state index contributed by atoms with van der Waals surface area (Å²) in [5.74, 6) is 0.122. The van der Waals surface area contributed by atoms with Crippen molar-refractivity contribution in [3.63, 3.8) is 0 Å². The van der Waals surface area contributed by atoms with Crippen LogP contribution in [0.25, 0.3) is 22.5 Å². The van der Waals surface area contributed by atoms with Gasteiger partial charge in [-0.15, -0.1) is 21.5 Å². The van der Waals surface area contributed by atoms with Crippen molar-refractivity contribution in [3.8, 4) is 22.5 Å². The van der Waals surface area contributed by atoms with Crippen molar-refractivity contribution < 1.29 is 14.3 Å². The smallest absolute Gasteiger partial charge is 0.341 e. The van der Waals surface area contributed by atoms with Crippen LogP contribution in [-0.4, -0.2) is 39.5 Å². The first-order valence-corrected chi connectivity index (χ1v) is 12.0. The van der Waals surface area contributed by atoms with Gasteiger partial charge in [0, 0.05) is 23.6 Å². The number of nitrogens with zero attached hydrogens (tertiary/aromatic N) is 3. The summed E-state index contributed by atoms with van der Waals surface area (Å²) in [6, 6.07) is 17.6. The molecule has 0 saturated heterocycles. The molecular formula is C24H22N4O3S2. The van der Waals surface area contributed by atoms with Gasteiger partial charge in [0.15, 0.2) is 11.0 Å². The van der Waals surface area contributed by atoms with Gasteiger partial charge in [0.1, 0.15) is 10.6 Å². The van der Waals surface area contributed by atoms with Gasteiger partial charge in [-0.25, -0.2) is 4.79 Å². The molecule has 4 aromatic rings. The summed E-state index contributed by atoms with van der Waals surface area (Å²) >= 11 is 2.58. The van der Waals surface area contributed by atoms with E-state index in [2.05, 4.69) is 15.5 Å². The number of ether oxygens (including phenoxy) is 1.